The summed E-state index contributed by atoms with van der Waals surface area (Å²) in [6, 6.07) is 6.76. The number of carboxylic acids is 1. The van der Waals surface area contributed by atoms with Crippen LogP contribution in [0.5, 0.6) is 5.88 Å². The molecule has 0 saturated heterocycles. The quantitative estimate of drug-likeness (QED) is 0.381. The molecule has 1 aliphatic heterocycles. The Morgan fingerprint density at radius 1 is 1.33 bits per heavy atom. The molecule has 30 heavy (non-hydrogen) atoms. The second kappa shape index (κ2) is 10.4. The zero-order valence-electron chi connectivity index (χ0n) is 16.8. The summed E-state index contributed by atoms with van der Waals surface area (Å²) in [6.45, 7) is 0.967. The van der Waals surface area contributed by atoms with Crippen LogP contribution in [0, 0.1) is 5.41 Å². The minimum atomic E-state index is -0.948. The van der Waals surface area contributed by atoms with Crippen molar-refractivity contribution in [2.45, 2.75) is 44.6 Å². The molecule has 1 atom stereocenters. The minimum Gasteiger partial charge on any atom is -0.493 e. The fraction of sp³-hybridized carbons (Fsp3) is 0.364. The molecule has 1 aliphatic rings. The Morgan fingerprint density at radius 2 is 2.20 bits per heavy atom. The van der Waals surface area contributed by atoms with E-state index in [0.717, 1.165) is 43.7 Å². The average molecular weight is 409 g/mol. The highest BCUT2D eigenvalue weighted by Crippen LogP contribution is 2.20. The number of nitrogens with zero attached hydrogens (tertiary/aromatic N) is 2. The van der Waals surface area contributed by atoms with Gasteiger partial charge in [-0.25, -0.2) is 9.97 Å². The third-order valence-electron chi connectivity index (χ3n) is 4.96. The van der Waals surface area contributed by atoms with Gasteiger partial charge in [-0.3, -0.25) is 4.79 Å². The van der Waals surface area contributed by atoms with Gasteiger partial charge in [0, 0.05) is 30.2 Å². The fourth-order valence-corrected chi connectivity index (χ4v) is 3.37. The lowest BCUT2D eigenvalue weighted by atomic mass is 10.0. The van der Waals surface area contributed by atoms with Crippen molar-refractivity contribution in [3.8, 4) is 5.88 Å². The van der Waals surface area contributed by atoms with E-state index < -0.39 is 12.0 Å². The van der Waals surface area contributed by atoms with Crippen LogP contribution < -0.4 is 10.6 Å². The summed E-state index contributed by atoms with van der Waals surface area (Å²) in [5.74, 6) is -0.0726. The first-order valence-corrected chi connectivity index (χ1v) is 10.1. The SMILES string of the molecule is N=C(/C=C\N[C@@H](CC(=O)O)c1ccc(O)nc1)CCCc1ccc2c(n1)NCCC2. The van der Waals surface area contributed by atoms with Crippen LogP contribution in [-0.4, -0.2) is 38.4 Å². The maximum atomic E-state index is 11.1. The molecule has 3 rings (SSSR count). The molecule has 0 aliphatic carbocycles. The number of aromatic nitrogens is 2. The van der Waals surface area contributed by atoms with Crippen molar-refractivity contribution in [3.05, 3.63) is 59.6 Å². The molecular formula is C22H27N5O3. The standard InChI is InChI=1S/C22H27N5O3/c23-17(4-1-5-18-8-6-15-3-2-11-25-22(15)27-18)10-12-24-19(13-21(29)30)16-7-9-20(28)26-14-16/h6-10,12,14,19,23-24H,1-5,11,13H2,(H,25,27)(H,26,28)(H,29,30)/b12-10-,23-17?/t19-/m0/s1. The summed E-state index contributed by atoms with van der Waals surface area (Å²) in [4.78, 5) is 19.6. The molecule has 3 heterocycles. The lowest BCUT2D eigenvalue weighted by molar-refractivity contribution is -0.137. The monoisotopic (exact) mass is 409 g/mol. The zero-order chi connectivity index (χ0) is 21.3. The van der Waals surface area contributed by atoms with Crippen molar-refractivity contribution in [3.63, 3.8) is 0 Å². The first-order chi connectivity index (χ1) is 14.5. The summed E-state index contributed by atoms with van der Waals surface area (Å²) >= 11 is 0. The zero-order valence-corrected chi connectivity index (χ0v) is 16.8. The van der Waals surface area contributed by atoms with Crippen LogP contribution in [0.4, 0.5) is 5.82 Å². The minimum absolute atomic E-state index is 0.116. The molecule has 0 radical (unpaired) electrons. The van der Waals surface area contributed by atoms with Crippen LogP contribution in [0.25, 0.3) is 0 Å². The van der Waals surface area contributed by atoms with Crippen LogP contribution in [0.2, 0.25) is 0 Å². The predicted molar refractivity (Wildman–Crippen MR) is 115 cm³/mol. The number of hydrogen-bond donors (Lipinski definition) is 5. The molecule has 2 aromatic heterocycles. The Bertz CT molecular complexity index is 911. The lowest BCUT2D eigenvalue weighted by Gasteiger charge is -2.17. The number of allylic oxidation sites excluding steroid dienone is 1. The number of aliphatic carboxylic acids is 1. The van der Waals surface area contributed by atoms with E-state index in [0.29, 0.717) is 17.7 Å². The molecule has 0 fully saturated rings. The van der Waals surface area contributed by atoms with E-state index in [2.05, 4.69) is 32.7 Å². The third-order valence-corrected chi connectivity index (χ3v) is 4.96. The van der Waals surface area contributed by atoms with E-state index in [4.69, 9.17) is 10.5 Å². The summed E-state index contributed by atoms with van der Waals surface area (Å²) in [5.41, 5.74) is 3.40. The molecule has 0 unspecified atom stereocenters. The Labute approximate surface area is 175 Å². The van der Waals surface area contributed by atoms with E-state index in [-0.39, 0.29) is 12.3 Å². The van der Waals surface area contributed by atoms with E-state index in [9.17, 15) is 9.90 Å². The number of pyridine rings is 2. The van der Waals surface area contributed by atoms with Crippen molar-refractivity contribution >= 4 is 17.5 Å². The van der Waals surface area contributed by atoms with Gasteiger partial charge < -0.3 is 26.3 Å². The van der Waals surface area contributed by atoms with Crippen molar-refractivity contribution < 1.29 is 15.0 Å². The Morgan fingerprint density at radius 3 is 2.97 bits per heavy atom. The molecule has 0 saturated carbocycles. The number of hydrogen-bond acceptors (Lipinski definition) is 7. The maximum absolute atomic E-state index is 11.1. The number of nitrogens with one attached hydrogen (secondary N) is 3. The Balaban J connectivity index is 1.47. The number of rotatable bonds is 10. The van der Waals surface area contributed by atoms with Crippen LogP contribution >= 0.6 is 0 Å². The molecular weight excluding hydrogens is 382 g/mol. The van der Waals surface area contributed by atoms with Crippen LogP contribution in [0.3, 0.4) is 0 Å². The second-order valence-corrected chi connectivity index (χ2v) is 7.32. The first kappa shape index (κ1) is 21.3. The van der Waals surface area contributed by atoms with Gasteiger partial charge in [0.2, 0.25) is 5.88 Å². The number of carbonyl (C=O) groups is 1. The van der Waals surface area contributed by atoms with Gasteiger partial charge in [-0.15, -0.1) is 0 Å². The van der Waals surface area contributed by atoms with Gasteiger partial charge in [-0.1, -0.05) is 12.1 Å². The summed E-state index contributed by atoms with van der Waals surface area (Å²) < 4.78 is 0. The van der Waals surface area contributed by atoms with Crippen molar-refractivity contribution in [2.75, 3.05) is 11.9 Å². The van der Waals surface area contributed by atoms with Gasteiger partial charge in [-0.05, 0) is 61.6 Å². The van der Waals surface area contributed by atoms with Crippen LogP contribution in [-0.2, 0) is 17.6 Å². The smallest absolute Gasteiger partial charge is 0.305 e. The van der Waals surface area contributed by atoms with E-state index in [1.165, 1.54) is 17.8 Å². The van der Waals surface area contributed by atoms with Crippen molar-refractivity contribution in [2.24, 2.45) is 0 Å². The molecule has 158 valence electrons. The fourth-order valence-electron chi connectivity index (χ4n) is 3.37. The van der Waals surface area contributed by atoms with Gasteiger partial charge in [0.05, 0.1) is 12.5 Å². The van der Waals surface area contributed by atoms with E-state index >= 15 is 0 Å². The molecule has 8 nitrogen and oxygen atoms in total. The van der Waals surface area contributed by atoms with Gasteiger partial charge >= 0.3 is 5.97 Å². The summed E-state index contributed by atoms with van der Waals surface area (Å²) in [6.07, 6.45) is 8.99. The molecule has 8 heteroatoms. The highest BCUT2D eigenvalue weighted by atomic mass is 16.4. The third kappa shape index (κ3) is 6.30. The van der Waals surface area contributed by atoms with Gasteiger partial charge in [0.25, 0.3) is 0 Å². The molecule has 0 bridgehead atoms. The van der Waals surface area contributed by atoms with Crippen molar-refractivity contribution in [1.82, 2.24) is 15.3 Å². The first-order valence-electron chi connectivity index (χ1n) is 10.1. The van der Waals surface area contributed by atoms with Gasteiger partial charge in [0.15, 0.2) is 0 Å². The normalized spacial score (nSPS) is 14.0. The molecule has 2 aromatic rings. The van der Waals surface area contributed by atoms with Gasteiger partial charge in [-0.2, -0.15) is 0 Å². The number of carboxylic acid groups (broad SMARTS) is 1. The number of anilines is 1. The van der Waals surface area contributed by atoms with Crippen LogP contribution in [0.15, 0.2) is 42.7 Å². The van der Waals surface area contributed by atoms with Gasteiger partial charge in [0.1, 0.15) is 5.82 Å². The Kier molecular flexibility index (Phi) is 7.37. The number of aromatic hydroxyl groups is 1. The number of aryl methyl sites for hydroxylation is 2. The average Bonchev–Trinajstić information content (AvgIpc) is 2.73. The summed E-state index contributed by atoms with van der Waals surface area (Å²) in [5, 5.41) is 32.9. The highest BCUT2D eigenvalue weighted by Gasteiger charge is 2.14. The largest absolute Gasteiger partial charge is 0.493 e. The highest BCUT2D eigenvalue weighted by molar-refractivity contribution is 5.92. The second-order valence-electron chi connectivity index (χ2n) is 7.32. The predicted octanol–water partition coefficient (Wildman–Crippen LogP) is 3.20. The topological polar surface area (TPSA) is 131 Å². The van der Waals surface area contributed by atoms with E-state index in [1.807, 2.05) is 0 Å². The Hall–Kier alpha value is -3.42. The molecule has 5 N–H and O–H groups in total. The van der Waals surface area contributed by atoms with E-state index in [1.54, 1.807) is 18.3 Å². The maximum Gasteiger partial charge on any atom is 0.305 e. The van der Waals surface area contributed by atoms with Crippen LogP contribution in [0.1, 0.15) is 48.5 Å². The van der Waals surface area contributed by atoms with Crippen molar-refractivity contribution in [1.29, 1.82) is 5.41 Å². The lowest BCUT2D eigenvalue weighted by Crippen LogP contribution is -2.19. The number of fused-ring (bicyclic) bond motifs is 1. The molecule has 0 amide bonds. The molecule has 0 aromatic carbocycles. The molecule has 0 spiro atoms. The summed E-state index contributed by atoms with van der Waals surface area (Å²) in [7, 11) is 0.